The molecule has 2 aromatic carbocycles. The van der Waals surface area contributed by atoms with Crippen LogP contribution < -0.4 is 10.6 Å². The number of pyridine rings is 1. The molecular formula is C19H15N3O3. The number of amides is 3. The smallest absolute Gasteiger partial charge is 0.322 e. The van der Waals surface area contributed by atoms with E-state index in [0.29, 0.717) is 5.56 Å². The molecule has 25 heavy (non-hydrogen) atoms. The Bertz CT molecular complexity index is 969. The van der Waals surface area contributed by atoms with Crippen molar-refractivity contribution in [1.29, 1.82) is 0 Å². The highest BCUT2D eigenvalue weighted by atomic mass is 16.3. The quantitative estimate of drug-likeness (QED) is 0.641. The molecule has 3 N–H and O–H groups in total. The summed E-state index contributed by atoms with van der Waals surface area (Å²) >= 11 is 0. The summed E-state index contributed by atoms with van der Waals surface area (Å²) in [6, 6.07) is 15.6. The molecular weight excluding hydrogens is 318 g/mol. The van der Waals surface area contributed by atoms with Gasteiger partial charge in [-0.25, -0.2) is 4.79 Å². The topological polar surface area (TPSA) is 91.3 Å². The number of urea groups is 1. The van der Waals surface area contributed by atoms with Crippen molar-refractivity contribution in [2.45, 2.75) is 12.1 Å². The average Bonchev–Trinajstić information content (AvgIpc) is 2.99. The molecule has 0 radical (unpaired) electrons. The number of fused-ring (bicyclic) bond motifs is 1. The second kappa shape index (κ2) is 5.99. The van der Waals surface area contributed by atoms with Crippen molar-refractivity contribution >= 4 is 22.8 Å². The van der Waals surface area contributed by atoms with E-state index in [1.54, 1.807) is 18.3 Å². The Morgan fingerprint density at radius 1 is 1.00 bits per heavy atom. The van der Waals surface area contributed by atoms with Gasteiger partial charge in [-0.1, -0.05) is 42.5 Å². The van der Waals surface area contributed by atoms with Crippen molar-refractivity contribution in [3.8, 4) is 11.1 Å². The molecule has 3 amide bonds. The molecule has 1 fully saturated rings. The van der Waals surface area contributed by atoms with Crippen molar-refractivity contribution in [2.75, 3.05) is 0 Å². The highest BCUT2D eigenvalue weighted by molar-refractivity contribution is 6.04. The lowest BCUT2D eigenvalue weighted by Gasteiger charge is -2.16. The Morgan fingerprint density at radius 3 is 2.48 bits per heavy atom. The average molecular weight is 333 g/mol. The molecule has 2 unspecified atom stereocenters. The van der Waals surface area contributed by atoms with E-state index in [2.05, 4.69) is 21.7 Å². The van der Waals surface area contributed by atoms with E-state index in [1.165, 1.54) is 0 Å². The number of para-hydroxylation sites is 1. The third-order valence-corrected chi connectivity index (χ3v) is 4.30. The molecule has 6 heteroatoms. The maximum absolute atomic E-state index is 11.6. The molecule has 3 aromatic rings. The molecule has 0 saturated carbocycles. The summed E-state index contributed by atoms with van der Waals surface area (Å²) in [6.07, 6.45) is 0.702. The van der Waals surface area contributed by atoms with Crippen LogP contribution in [0.15, 0.2) is 60.8 Å². The van der Waals surface area contributed by atoms with E-state index in [1.807, 2.05) is 36.4 Å². The molecule has 0 bridgehead atoms. The molecule has 2 atom stereocenters. The SMILES string of the molecule is O=C1NC(=O)C(C(O)c2ccc(-c3cnc4ccccc4c3)cc2)N1. The minimum absolute atomic E-state index is 0.527. The number of aliphatic hydroxyl groups is 1. The lowest BCUT2D eigenvalue weighted by Crippen LogP contribution is -2.35. The maximum Gasteiger partial charge on any atom is 0.322 e. The lowest BCUT2D eigenvalue weighted by molar-refractivity contribution is -0.122. The first-order valence-electron chi connectivity index (χ1n) is 7.86. The van der Waals surface area contributed by atoms with Crippen LogP contribution in [0.1, 0.15) is 11.7 Å². The lowest BCUT2D eigenvalue weighted by atomic mass is 9.98. The van der Waals surface area contributed by atoms with Gasteiger partial charge in [0, 0.05) is 17.1 Å². The van der Waals surface area contributed by atoms with Gasteiger partial charge < -0.3 is 10.4 Å². The number of aliphatic hydroxyl groups excluding tert-OH is 1. The summed E-state index contributed by atoms with van der Waals surface area (Å²) in [5.74, 6) is -0.527. The summed E-state index contributed by atoms with van der Waals surface area (Å²) in [4.78, 5) is 27.3. The summed E-state index contributed by atoms with van der Waals surface area (Å²) in [5.41, 5.74) is 3.40. The molecule has 0 aliphatic carbocycles. The minimum atomic E-state index is -1.10. The zero-order valence-corrected chi connectivity index (χ0v) is 13.1. The van der Waals surface area contributed by atoms with Crippen molar-refractivity contribution in [3.63, 3.8) is 0 Å². The first-order valence-corrected chi connectivity index (χ1v) is 7.86. The monoisotopic (exact) mass is 333 g/mol. The Kier molecular flexibility index (Phi) is 3.66. The van der Waals surface area contributed by atoms with Gasteiger partial charge >= 0.3 is 6.03 Å². The minimum Gasteiger partial charge on any atom is -0.386 e. The largest absolute Gasteiger partial charge is 0.386 e. The zero-order chi connectivity index (χ0) is 17.4. The van der Waals surface area contributed by atoms with Crippen LogP contribution in [0.5, 0.6) is 0 Å². The summed E-state index contributed by atoms with van der Waals surface area (Å²) in [6.45, 7) is 0. The molecule has 1 aromatic heterocycles. The summed E-state index contributed by atoms with van der Waals surface area (Å²) < 4.78 is 0. The molecule has 1 aliphatic rings. The number of carbonyl (C=O) groups excluding carboxylic acids is 2. The highest BCUT2D eigenvalue weighted by Gasteiger charge is 2.35. The second-order valence-electron chi connectivity index (χ2n) is 5.92. The van der Waals surface area contributed by atoms with Crippen LogP contribution in [0.2, 0.25) is 0 Å². The molecule has 2 heterocycles. The van der Waals surface area contributed by atoms with Gasteiger partial charge in [0.15, 0.2) is 0 Å². The first kappa shape index (κ1) is 15.3. The molecule has 0 spiro atoms. The number of aromatic nitrogens is 1. The molecule has 1 saturated heterocycles. The number of hydrogen-bond acceptors (Lipinski definition) is 4. The van der Waals surface area contributed by atoms with E-state index in [-0.39, 0.29) is 0 Å². The number of hydrogen-bond donors (Lipinski definition) is 3. The van der Waals surface area contributed by atoms with Crippen LogP contribution in [-0.2, 0) is 4.79 Å². The number of nitrogens with one attached hydrogen (secondary N) is 2. The Balaban J connectivity index is 1.60. The third-order valence-electron chi connectivity index (χ3n) is 4.30. The highest BCUT2D eigenvalue weighted by Crippen LogP contribution is 2.26. The standard InChI is InChI=1S/C19H15N3O3/c23-17(16-18(24)22-19(25)21-16)12-7-5-11(6-8-12)14-9-13-3-1-2-4-15(13)20-10-14/h1-10,16-17,23H,(H2,21,22,24,25). The van der Waals surface area contributed by atoms with Crippen LogP contribution in [0.3, 0.4) is 0 Å². The van der Waals surface area contributed by atoms with Gasteiger partial charge in [-0.2, -0.15) is 0 Å². The molecule has 124 valence electrons. The van der Waals surface area contributed by atoms with Crippen molar-refractivity contribution in [3.05, 3.63) is 66.4 Å². The number of imide groups is 1. The van der Waals surface area contributed by atoms with E-state index in [4.69, 9.17) is 0 Å². The number of nitrogens with zero attached hydrogens (tertiary/aromatic N) is 1. The van der Waals surface area contributed by atoms with Gasteiger partial charge in [0.1, 0.15) is 12.1 Å². The predicted molar refractivity (Wildman–Crippen MR) is 92.6 cm³/mol. The van der Waals surface area contributed by atoms with Gasteiger partial charge in [-0.3, -0.25) is 15.1 Å². The van der Waals surface area contributed by atoms with E-state index < -0.39 is 24.1 Å². The van der Waals surface area contributed by atoms with Gasteiger partial charge in [0.2, 0.25) is 0 Å². The van der Waals surface area contributed by atoms with Crippen LogP contribution in [0.4, 0.5) is 4.79 Å². The van der Waals surface area contributed by atoms with Crippen LogP contribution in [-0.4, -0.2) is 28.1 Å². The fraction of sp³-hybridized carbons (Fsp3) is 0.105. The van der Waals surface area contributed by atoms with Crippen molar-refractivity contribution in [2.24, 2.45) is 0 Å². The zero-order valence-electron chi connectivity index (χ0n) is 13.1. The van der Waals surface area contributed by atoms with Gasteiger partial charge in [-0.15, -0.1) is 0 Å². The van der Waals surface area contributed by atoms with Gasteiger partial charge in [-0.05, 0) is 23.3 Å². The van der Waals surface area contributed by atoms with Crippen molar-refractivity contribution < 1.29 is 14.7 Å². The van der Waals surface area contributed by atoms with E-state index in [9.17, 15) is 14.7 Å². The number of carbonyl (C=O) groups is 2. The first-order chi connectivity index (χ1) is 12.1. The van der Waals surface area contributed by atoms with Crippen LogP contribution >= 0.6 is 0 Å². The molecule has 4 rings (SSSR count). The summed E-state index contributed by atoms with van der Waals surface area (Å²) in [7, 11) is 0. The van der Waals surface area contributed by atoms with Crippen LogP contribution in [0, 0.1) is 0 Å². The Labute approximate surface area is 143 Å². The third kappa shape index (κ3) is 2.83. The Hall–Kier alpha value is -3.25. The molecule has 6 nitrogen and oxygen atoms in total. The fourth-order valence-electron chi connectivity index (χ4n) is 2.95. The van der Waals surface area contributed by atoms with E-state index in [0.717, 1.165) is 22.0 Å². The predicted octanol–water partition coefficient (Wildman–Crippen LogP) is 2.14. The molecule has 1 aliphatic heterocycles. The number of rotatable bonds is 3. The van der Waals surface area contributed by atoms with Crippen molar-refractivity contribution in [1.82, 2.24) is 15.6 Å². The van der Waals surface area contributed by atoms with Crippen LogP contribution in [0.25, 0.3) is 22.0 Å². The Morgan fingerprint density at radius 2 is 1.76 bits per heavy atom. The summed E-state index contributed by atoms with van der Waals surface area (Å²) in [5, 5.41) is 15.9. The second-order valence-corrected chi connectivity index (χ2v) is 5.92. The fourth-order valence-corrected chi connectivity index (χ4v) is 2.95. The van der Waals surface area contributed by atoms with Gasteiger partial charge in [0.25, 0.3) is 5.91 Å². The number of benzene rings is 2. The van der Waals surface area contributed by atoms with Gasteiger partial charge in [0.05, 0.1) is 5.52 Å². The van der Waals surface area contributed by atoms with E-state index >= 15 is 0 Å². The maximum atomic E-state index is 11.6. The normalized spacial score (nSPS) is 18.0.